The van der Waals surface area contributed by atoms with E-state index >= 15 is 0 Å². The van der Waals surface area contributed by atoms with Crippen LogP contribution in [0.15, 0.2) is 54.6 Å². The maximum absolute atomic E-state index is 13.5. The number of benzene rings is 3. The fourth-order valence-electron chi connectivity index (χ4n) is 8.02. The number of imidazole rings is 2. The average Bonchev–Trinajstić information content (AvgIpc) is 3.90. The highest BCUT2D eigenvalue weighted by atomic mass is 16.6. The molecular formula is C42H55N9O3. The minimum atomic E-state index is -0.705. The van der Waals surface area contributed by atoms with Crippen LogP contribution in [0.2, 0.25) is 0 Å². The van der Waals surface area contributed by atoms with Gasteiger partial charge in [-0.25, -0.2) is 15.0 Å². The fourth-order valence-corrected chi connectivity index (χ4v) is 8.02. The predicted octanol–water partition coefficient (Wildman–Crippen LogP) is 7.64. The SMILES string of the molecule is CON[C@H](CC(CCCN)c1nc2ccc3[nH]c(-c4ccc5c(ccc6[nH]c([C@@H]7CCCN7C(=O)[C@@H](NO)C(C)(C)C)nc65)c4)ccc3c2n1)C(C)(C)C. The van der Waals surface area contributed by atoms with Gasteiger partial charge in [-0.05, 0) is 96.8 Å². The lowest BCUT2D eigenvalue weighted by Crippen LogP contribution is -2.51. The summed E-state index contributed by atoms with van der Waals surface area (Å²) in [6, 6.07) is 18.3. The number of nitrogens with zero attached hydrogens (tertiary/aromatic N) is 4. The third-order valence-corrected chi connectivity index (χ3v) is 11.2. The lowest BCUT2D eigenvalue weighted by atomic mass is 9.80. The molecule has 1 aliphatic rings. The van der Waals surface area contributed by atoms with Crippen molar-refractivity contribution >= 4 is 49.6 Å². The Kier molecular flexibility index (Phi) is 10.5. The molecule has 3 aromatic heterocycles. The number of hydrogen-bond donors (Lipinski definition) is 6. The van der Waals surface area contributed by atoms with Gasteiger partial charge in [0, 0.05) is 40.5 Å². The van der Waals surface area contributed by atoms with E-state index < -0.39 is 11.5 Å². The average molecular weight is 734 g/mol. The number of H-pyrrole nitrogens is 2. The third kappa shape index (κ3) is 7.33. The van der Waals surface area contributed by atoms with E-state index in [1.165, 1.54) is 0 Å². The molecule has 3 aromatic carbocycles. The number of likely N-dealkylation sites (tertiary alicyclic amines) is 1. The van der Waals surface area contributed by atoms with E-state index in [-0.39, 0.29) is 29.3 Å². The first-order valence-corrected chi connectivity index (χ1v) is 19.2. The van der Waals surface area contributed by atoms with Crippen molar-refractivity contribution in [1.82, 2.24) is 40.8 Å². The van der Waals surface area contributed by atoms with Gasteiger partial charge in [-0.2, -0.15) is 11.0 Å². The summed E-state index contributed by atoms with van der Waals surface area (Å²) in [5, 5.41) is 13.0. The number of fused-ring (bicyclic) bond motifs is 6. The molecule has 12 nitrogen and oxygen atoms in total. The highest BCUT2D eigenvalue weighted by Gasteiger charge is 2.40. The minimum absolute atomic E-state index is 0.00856. The molecule has 0 spiro atoms. The zero-order valence-corrected chi connectivity index (χ0v) is 32.6. The Morgan fingerprint density at radius 3 is 2.46 bits per heavy atom. The molecule has 1 aliphatic heterocycles. The van der Waals surface area contributed by atoms with Crippen LogP contribution in [-0.4, -0.2) is 73.2 Å². The van der Waals surface area contributed by atoms with Crippen molar-refractivity contribution < 1.29 is 14.8 Å². The number of carbonyl (C=O) groups excluding carboxylic acids is 1. The summed E-state index contributed by atoms with van der Waals surface area (Å²) in [5.74, 6) is 1.66. The van der Waals surface area contributed by atoms with Crippen LogP contribution in [0, 0.1) is 10.8 Å². The molecule has 0 radical (unpaired) electrons. The van der Waals surface area contributed by atoms with Gasteiger partial charge in [-0.1, -0.05) is 59.7 Å². The second kappa shape index (κ2) is 15.0. The number of carbonyl (C=O) groups is 1. The molecule has 0 saturated carbocycles. The Balaban J connectivity index is 1.17. The number of aromatic amines is 2. The molecule has 54 heavy (non-hydrogen) atoms. The van der Waals surface area contributed by atoms with E-state index in [0.717, 1.165) is 98.8 Å². The topological polar surface area (TPSA) is 170 Å². The van der Waals surface area contributed by atoms with Crippen molar-refractivity contribution in [3.8, 4) is 11.3 Å². The van der Waals surface area contributed by atoms with Gasteiger partial charge >= 0.3 is 0 Å². The van der Waals surface area contributed by atoms with Gasteiger partial charge in [-0.15, -0.1) is 0 Å². The summed E-state index contributed by atoms with van der Waals surface area (Å²) in [6.07, 6.45) is 4.35. The van der Waals surface area contributed by atoms with Gasteiger partial charge in [-0.3, -0.25) is 4.79 Å². The van der Waals surface area contributed by atoms with Gasteiger partial charge in [0.2, 0.25) is 5.91 Å². The Labute approximate surface area is 316 Å². The standard InChI is InChI=1S/C42H55N9O3/c1-41(2,3)34(50-54-7)23-26(10-8-20-43)38-45-32-19-18-30-28(36(32)47-38)15-17-29(44-30)25-12-14-27-24(22-25)13-16-31-35(27)48-39(46-31)33-11-9-21-51(33)40(52)37(49-53)42(4,5)6/h12-19,22,26,33-34,37,44,49-50,53H,8-11,20-21,23,43H2,1-7H3,(H,46,48)/t26?,33-,34+,37+/m0/s1. The van der Waals surface area contributed by atoms with E-state index in [9.17, 15) is 10.0 Å². The molecule has 7 rings (SSSR count). The quantitative estimate of drug-likeness (QED) is 0.0692. The van der Waals surface area contributed by atoms with Crippen LogP contribution in [0.4, 0.5) is 0 Å². The number of pyridine rings is 1. The number of nitrogens with one attached hydrogen (secondary N) is 4. The Morgan fingerprint density at radius 2 is 1.74 bits per heavy atom. The molecule has 1 amide bonds. The molecule has 1 saturated heterocycles. The lowest BCUT2D eigenvalue weighted by Gasteiger charge is -2.33. The Bertz CT molecular complexity index is 2280. The normalized spacial score (nSPS) is 17.3. The first kappa shape index (κ1) is 37.8. The fraction of sp³-hybridized carbons (Fsp3) is 0.476. The van der Waals surface area contributed by atoms with Crippen molar-refractivity contribution in [3.63, 3.8) is 0 Å². The van der Waals surface area contributed by atoms with Crippen LogP contribution >= 0.6 is 0 Å². The molecule has 6 aromatic rings. The third-order valence-electron chi connectivity index (χ3n) is 11.2. The van der Waals surface area contributed by atoms with Crippen LogP contribution < -0.4 is 16.7 Å². The summed E-state index contributed by atoms with van der Waals surface area (Å²) in [6.45, 7) is 13.7. The highest BCUT2D eigenvalue weighted by Crippen LogP contribution is 2.37. The molecule has 0 aliphatic carbocycles. The van der Waals surface area contributed by atoms with Crippen molar-refractivity contribution in [1.29, 1.82) is 0 Å². The summed E-state index contributed by atoms with van der Waals surface area (Å²) < 4.78 is 0. The smallest absolute Gasteiger partial charge is 0.243 e. The molecule has 1 fully saturated rings. The lowest BCUT2D eigenvalue weighted by molar-refractivity contribution is -0.141. The minimum Gasteiger partial charge on any atom is -0.354 e. The number of nitrogens with two attached hydrogens (primary N) is 1. The van der Waals surface area contributed by atoms with Gasteiger partial charge in [0.1, 0.15) is 23.2 Å². The molecule has 4 atom stereocenters. The highest BCUT2D eigenvalue weighted by molar-refractivity contribution is 6.06. The zero-order chi connectivity index (χ0) is 38.4. The number of amides is 1. The number of hydrogen-bond acceptors (Lipinski definition) is 9. The molecular weight excluding hydrogens is 679 g/mol. The van der Waals surface area contributed by atoms with E-state index in [2.05, 4.69) is 96.3 Å². The second-order valence-electron chi connectivity index (χ2n) is 17.1. The van der Waals surface area contributed by atoms with Gasteiger partial charge in [0.15, 0.2) is 0 Å². The van der Waals surface area contributed by atoms with Gasteiger partial charge in [0.25, 0.3) is 0 Å². The predicted molar refractivity (Wildman–Crippen MR) is 215 cm³/mol. The summed E-state index contributed by atoms with van der Waals surface area (Å²) in [4.78, 5) is 43.2. The van der Waals surface area contributed by atoms with Crippen molar-refractivity contribution in [2.75, 3.05) is 20.2 Å². The van der Waals surface area contributed by atoms with Crippen molar-refractivity contribution in [3.05, 3.63) is 66.2 Å². The monoisotopic (exact) mass is 733 g/mol. The van der Waals surface area contributed by atoms with Gasteiger partial charge < -0.3 is 30.6 Å². The number of hydroxylamine groups is 2. The maximum atomic E-state index is 13.5. The van der Waals surface area contributed by atoms with Crippen LogP contribution in [0.1, 0.15) is 97.3 Å². The second-order valence-corrected chi connectivity index (χ2v) is 17.1. The largest absolute Gasteiger partial charge is 0.354 e. The molecule has 1 unspecified atom stereocenters. The summed E-state index contributed by atoms with van der Waals surface area (Å²) in [7, 11) is 1.67. The van der Waals surface area contributed by atoms with E-state index in [1.807, 2.05) is 25.7 Å². The van der Waals surface area contributed by atoms with E-state index in [4.69, 9.17) is 25.5 Å². The van der Waals surface area contributed by atoms with Crippen LogP contribution in [0.25, 0.3) is 55.0 Å². The van der Waals surface area contributed by atoms with Gasteiger partial charge in [0.05, 0.1) is 29.7 Å². The Morgan fingerprint density at radius 1 is 0.963 bits per heavy atom. The molecule has 12 heteroatoms. The zero-order valence-electron chi connectivity index (χ0n) is 32.6. The summed E-state index contributed by atoms with van der Waals surface area (Å²) in [5.41, 5.74) is 17.6. The first-order chi connectivity index (χ1) is 25.8. The van der Waals surface area contributed by atoms with Crippen molar-refractivity contribution in [2.24, 2.45) is 16.6 Å². The van der Waals surface area contributed by atoms with Crippen LogP contribution in [0.3, 0.4) is 0 Å². The van der Waals surface area contributed by atoms with Crippen molar-refractivity contribution in [2.45, 2.75) is 97.7 Å². The number of rotatable bonds is 12. The Hall–Kier alpha value is -4.46. The molecule has 4 heterocycles. The summed E-state index contributed by atoms with van der Waals surface area (Å²) >= 11 is 0. The number of aromatic nitrogens is 5. The molecule has 0 bridgehead atoms. The van der Waals surface area contributed by atoms with Crippen LogP contribution in [0.5, 0.6) is 0 Å². The molecule has 286 valence electrons. The van der Waals surface area contributed by atoms with E-state index in [0.29, 0.717) is 13.1 Å². The van der Waals surface area contributed by atoms with Crippen LogP contribution in [-0.2, 0) is 9.63 Å². The first-order valence-electron chi connectivity index (χ1n) is 19.2. The maximum Gasteiger partial charge on any atom is 0.243 e. The molecule has 7 N–H and O–H groups in total. The van der Waals surface area contributed by atoms with E-state index in [1.54, 1.807) is 7.11 Å².